The molecule has 0 saturated carbocycles. The maximum absolute atomic E-state index is 12.8. The third-order valence-electron chi connectivity index (χ3n) is 4.70. The molecule has 1 fully saturated rings. The number of carbonyl (C=O) groups excluding carboxylic acids is 1. The zero-order valence-corrected chi connectivity index (χ0v) is 14.4. The first kappa shape index (κ1) is 16.3. The number of nitrogens with one attached hydrogen (secondary N) is 2. The van der Waals surface area contributed by atoms with Crippen LogP contribution < -0.4 is 10.2 Å². The predicted octanol–water partition coefficient (Wildman–Crippen LogP) is 3.33. The summed E-state index contributed by atoms with van der Waals surface area (Å²) in [5, 5.41) is 3.07. The third kappa shape index (κ3) is 3.59. The van der Waals surface area contributed by atoms with E-state index in [9.17, 15) is 4.79 Å². The molecule has 0 radical (unpaired) electrons. The van der Waals surface area contributed by atoms with Crippen LogP contribution in [0.1, 0.15) is 12.8 Å². The topological polar surface area (TPSA) is 73.9 Å². The van der Waals surface area contributed by atoms with Gasteiger partial charge >= 0.3 is 0 Å². The molecule has 1 aromatic carbocycles. The highest BCUT2D eigenvalue weighted by Crippen LogP contribution is 2.24. The smallest absolute Gasteiger partial charge is 0.229 e. The number of piperidine rings is 1. The van der Waals surface area contributed by atoms with Crippen molar-refractivity contribution in [1.82, 2.24) is 15.0 Å². The van der Waals surface area contributed by atoms with Crippen LogP contribution in [0.5, 0.6) is 0 Å². The van der Waals surface area contributed by atoms with Gasteiger partial charge in [0, 0.05) is 30.5 Å². The lowest BCUT2D eigenvalue weighted by atomic mass is 9.97. The molecule has 132 valence electrons. The number of pyridine rings is 1. The summed E-state index contributed by atoms with van der Waals surface area (Å²) < 4.78 is 0. The molecule has 26 heavy (non-hydrogen) atoms. The molecule has 6 nitrogen and oxygen atoms in total. The quantitative estimate of drug-likeness (QED) is 0.759. The first-order valence-electron chi connectivity index (χ1n) is 8.85. The highest BCUT2D eigenvalue weighted by atomic mass is 16.1. The molecule has 1 unspecified atom stereocenters. The van der Waals surface area contributed by atoms with Gasteiger partial charge in [-0.1, -0.05) is 18.2 Å². The van der Waals surface area contributed by atoms with Gasteiger partial charge in [0.2, 0.25) is 5.91 Å². The Morgan fingerprint density at radius 2 is 2.19 bits per heavy atom. The fraction of sp³-hybridized carbons (Fsp3) is 0.250. The Morgan fingerprint density at radius 3 is 3.00 bits per heavy atom. The molecule has 0 bridgehead atoms. The number of anilines is 2. The van der Waals surface area contributed by atoms with Crippen LogP contribution >= 0.6 is 0 Å². The number of hydrogen-bond acceptors (Lipinski definition) is 4. The molecule has 2 N–H and O–H groups in total. The number of carbonyl (C=O) groups is 1. The number of benzene rings is 1. The van der Waals surface area contributed by atoms with Crippen LogP contribution in [0.3, 0.4) is 0 Å². The summed E-state index contributed by atoms with van der Waals surface area (Å²) in [6.07, 6.45) is 7.10. The lowest BCUT2D eigenvalue weighted by Gasteiger charge is -2.32. The Bertz CT molecular complexity index is 863. The fourth-order valence-corrected chi connectivity index (χ4v) is 3.36. The molecule has 6 heteroatoms. The second-order valence-electron chi connectivity index (χ2n) is 6.51. The summed E-state index contributed by atoms with van der Waals surface area (Å²) in [5.74, 6) is 0.959. The normalized spacial score (nSPS) is 17.1. The van der Waals surface area contributed by atoms with E-state index in [1.165, 1.54) is 0 Å². The third-order valence-corrected chi connectivity index (χ3v) is 4.70. The van der Waals surface area contributed by atoms with Crippen LogP contribution in [-0.2, 0) is 4.79 Å². The van der Waals surface area contributed by atoms with Crippen molar-refractivity contribution in [2.45, 2.75) is 12.8 Å². The first-order chi connectivity index (χ1) is 12.8. The molecule has 1 amide bonds. The van der Waals surface area contributed by atoms with Crippen molar-refractivity contribution in [3.05, 3.63) is 61.2 Å². The summed E-state index contributed by atoms with van der Waals surface area (Å²) in [7, 11) is 0. The van der Waals surface area contributed by atoms with Crippen molar-refractivity contribution in [1.29, 1.82) is 0 Å². The average Bonchev–Trinajstić information content (AvgIpc) is 3.24. The van der Waals surface area contributed by atoms with Crippen molar-refractivity contribution in [3.63, 3.8) is 0 Å². The van der Waals surface area contributed by atoms with E-state index in [-0.39, 0.29) is 11.8 Å². The molecular weight excluding hydrogens is 326 g/mol. The van der Waals surface area contributed by atoms with Gasteiger partial charge in [-0.25, -0.2) is 9.97 Å². The molecule has 1 aliphatic heterocycles. The van der Waals surface area contributed by atoms with Gasteiger partial charge in [-0.2, -0.15) is 0 Å². The van der Waals surface area contributed by atoms with E-state index >= 15 is 0 Å². The Balaban J connectivity index is 1.44. The van der Waals surface area contributed by atoms with Crippen molar-refractivity contribution in [3.8, 4) is 11.3 Å². The molecule has 3 heterocycles. The van der Waals surface area contributed by atoms with E-state index in [1.807, 2.05) is 42.5 Å². The van der Waals surface area contributed by atoms with Gasteiger partial charge < -0.3 is 15.2 Å². The zero-order valence-electron chi connectivity index (χ0n) is 14.4. The largest absolute Gasteiger partial charge is 0.356 e. The Labute approximate surface area is 152 Å². The van der Waals surface area contributed by atoms with Crippen molar-refractivity contribution in [2.24, 2.45) is 5.92 Å². The lowest BCUT2D eigenvalue weighted by Crippen LogP contribution is -2.41. The molecule has 1 aliphatic rings. The maximum Gasteiger partial charge on any atom is 0.229 e. The number of rotatable bonds is 4. The van der Waals surface area contributed by atoms with Crippen LogP contribution in [-0.4, -0.2) is 33.9 Å². The van der Waals surface area contributed by atoms with E-state index in [0.29, 0.717) is 6.54 Å². The second kappa shape index (κ2) is 7.39. The van der Waals surface area contributed by atoms with Gasteiger partial charge in [0.25, 0.3) is 0 Å². The Kier molecular flexibility index (Phi) is 4.64. The molecule has 3 aromatic rings. The predicted molar refractivity (Wildman–Crippen MR) is 102 cm³/mol. The molecule has 2 aromatic heterocycles. The van der Waals surface area contributed by atoms with E-state index in [2.05, 4.69) is 25.2 Å². The molecule has 1 saturated heterocycles. The number of hydrogen-bond donors (Lipinski definition) is 2. The standard InChI is InChI=1S/C20H21N5O/c26-20(16-6-4-10-25(13-16)19-8-1-2-9-22-19)24-17-7-3-5-15(11-17)18-12-21-14-23-18/h1-3,5,7-9,11-12,14,16H,4,6,10,13H2,(H,21,23)(H,24,26). The Hall–Kier alpha value is -3.15. The molecular formula is C20H21N5O. The van der Waals surface area contributed by atoms with Crippen molar-refractivity contribution < 1.29 is 4.79 Å². The van der Waals surface area contributed by atoms with Crippen LogP contribution in [0.2, 0.25) is 0 Å². The highest BCUT2D eigenvalue weighted by molar-refractivity contribution is 5.93. The van der Waals surface area contributed by atoms with Crippen LogP contribution in [0.15, 0.2) is 61.2 Å². The van der Waals surface area contributed by atoms with Gasteiger partial charge in [-0.3, -0.25) is 4.79 Å². The first-order valence-corrected chi connectivity index (χ1v) is 8.85. The number of H-pyrrole nitrogens is 1. The summed E-state index contributed by atoms with van der Waals surface area (Å²) in [4.78, 5) is 26.5. The van der Waals surface area contributed by atoms with Gasteiger partial charge in [-0.15, -0.1) is 0 Å². The van der Waals surface area contributed by atoms with Gasteiger partial charge in [0.05, 0.1) is 24.1 Å². The fourth-order valence-electron chi connectivity index (χ4n) is 3.36. The number of amides is 1. The molecule has 4 rings (SSSR count). The molecule has 1 atom stereocenters. The van der Waals surface area contributed by atoms with Gasteiger partial charge in [-0.05, 0) is 37.1 Å². The van der Waals surface area contributed by atoms with Crippen molar-refractivity contribution in [2.75, 3.05) is 23.3 Å². The maximum atomic E-state index is 12.8. The minimum Gasteiger partial charge on any atom is -0.356 e. The van der Waals surface area contributed by atoms with Crippen LogP contribution in [0, 0.1) is 5.92 Å². The van der Waals surface area contributed by atoms with Gasteiger partial charge in [0.15, 0.2) is 0 Å². The number of nitrogens with zero attached hydrogens (tertiary/aromatic N) is 3. The summed E-state index contributed by atoms with van der Waals surface area (Å²) in [5.41, 5.74) is 2.73. The average molecular weight is 347 g/mol. The Morgan fingerprint density at radius 1 is 1.23 bits per heavy atom. The zero-order chi connectivity index (χ0) is 17.8. The van der Waals surface area contributed by atoms with Crippen LogP contribution in [0.25, 0.3) is 11.3 Å². The molecule has 0 spiro atoms. The monoisotopic (exact) mass is 347 g/mol. The van der Waals surface area contributed by atoms with E-state index in [1.54, 1.807) is 18.7 Å². The van der Waals surface area contributed by atoms with E-state index in [0.717, 1.165) is 42.1 Å². The number of imidazole rings is 1. The summed E-state index contributed by atoms with van der Waals surface area (Å²) in [6.45, 7) is 1.64. The van der Waals surface area contributed by atoms with Crippen molar-refractivity contribution >= 4 is 17.4 Å². The van der Waals surface area contributed by atoms with Crippen LogP contribution in [0.4, 0.5) is 11.5 Å². The van der Waals surface area contributed by atoms with Gasteiger partial charge in [0.1, 0.15) is 5.82 Å². The lowest BCUT2D eigenvalue weighted by molar-refractivity contribution is -0.120. The highest BCUT2D eigenvalue weighted by Gasteiger charge is 2.26. The number of aromatic amines is 1. The SMILES string of the molecule is O=C(Nc1cccc(-c2cnc[nH]2)c1)C1CCCN(c2ccccn2)C1. The van der Waals surface area contributed by atoms with E-state index in [4.69, 9.17) is 0 Å². The minimum absolute atomic E-state index is 0.0402. The minimum atomic E-state index is -0.0402. The van der Waals surface area contributed by atoms with E-state index < -0.39 is 0 Å². The summed E-state index contributed by atoms with van der Waals surface area (Å²) >= 11 is 0. The molecule has 0 aliphatic carbocycles. The summed E-state index contributed by atoms with van der Waals surface area (Å²) in [6, 6.07) is 13.7. The second-order valence-corrected chi connectivity index (χ2v) is 6.51. The number of aromatic nitrogens is 3.